The highest BCUT2D eigenvalue weighted by Crippen LogP contribution is 2.36. The standard InChI is InChI=1S/C16H9BrClN3OS2/c1-7-19-11-4-5-12-14(13(11)23-7)24-16(20-12)21-15(22)9-6-8(17)2-3-10(9)18/h2-6H,1H3,(H,20,21,22). The Labute approximate surface area is 158 Å². The molecule has 0 spiro atoms. The Bertz CT molecular complexity index is 1110. The van der Waals surface area contributed by atoms with E-state index in [-0.39, 0.29) is 5.91 Å². The number of thiazole rings is 2. The van der Waals surface area contributed by atoms with E-state index in [0.717, 1.165) is 29.9 Å². The molecule has 2 aromatic carbocycles. The van der Waals surface area contributed by atoms with Crippen LogP contribution in [-0.2, 0) is 0 Å². The van der Waals surface area contributed by atoms with Gasteiger partial charge in [0, 0.05) is 4.47 Å². The lowest BCUT2D eigenvalue weighted by Gasteiger charge is -2.04. The molecule has 0 aliphatic rings. The zero-order chi connectivity index (χ0) is 16.8. The Morgan fingerprint density at radius 1 is 1.12 bits per heavy atom. The molecule has 1 amide bonds. The molecule has 1 N–H and O–H groups in total. The van der Waals surface area contributed by atoms with Crippen molar-refractivity contribution in [3.8, 4) is 0 Å². The molecule has 24 heavy (non-hydrogen) atoms. The summed E-state index contributed by atoms with van der Waals surface area (Å²) >= 11 is 12.5. The second kappa shape index (κ2) is 6.07. The van der Waals surface area contributed by atoms with Gasteiger partial charge in [-0.2, -0.15) is 0 Å². The van der Waals surface area contributed by atoms with Crippen LogP contribution < -0.4 is 5.32 Å². The Balaban J connectivity index is 1.73. The van der Waals surface area contributed by atoms with Gasteiger partial charge in [-0.1, -0.05) is 38.9 Å². The Hall–Kier alpha value is -1.54. The third-order valence-corrected chi connectivity index (χ3v) is 6.37. The zero-order valence-corrected chi connectivity index (χ0v) is 16.2. The second-order valence-electron chi connectivity index (χ2n) is 5.09. The fraction of sp³-hybridized carbons (Fsp3) is 0.0625. The minimum atomic E-state index is -0.280. The monoisotopic (exact) mass is 437 g/mol. The molecule has 2 heterocycles. The van der Waals surface area contributed by atoms with Crippen molar-refractivity contribution in [3.05, 3.63) is 50.4 Å². The largest absolute Gasteiger partial charge is 0.298 e. The quantitative estimate of drug-likeness (QED) is 0.425. The summed E-state index contributed by atoms with van der Waals surface area (Å²) < 4.78 is 2.93. The van der Waals surface area contributed by atoms with Crippen LogP contribution in [0.2, 0.25) is 5.02 Å². The molecule has 0 aliphatic heterocycles. The molecule has 4 aromatic rings. The van der Waals surface area contributed by atoms with Crippen LogP contribution >= 0.6 is 50.2 Å². The van der Waals surface area contributed by atoms with Crippen molar-refractivity contribution in [3.63, 3.8) is 0 Å². The van der Waals surface area contributed by atoms with Gasteiger partial charge in [-0.15, -0.1) is 11.3 Å². The average Bonchev–Trinajstić information content (AvgIpc) is 3.11. The molecule has 0 radical (unpaired) electrons. The molecule has 0 saturated heterocycles. The third kappa shape index (κ3) is 2.82. The molecular weight excluding hydrogens is 430 g/mol. The molecule has 0 aliphatic carbocycles. The van der Waals surface area contributed by atoms with Gasteiger partial charge in [0.1, 0.15) is 0 Å². The van der Waals surface area contributed by atoms with E-state index in [0.29, 0.717) is 15.7 Å². The van der Waals surface area contributed by atoms with Crippen molar-refractivity contribution in [1.82, 2.24) is 9.97 Å². The summed E-state index contributed by atoms with van der Waals surface area (Å²) in [6.07, 6.45) is 0. The molecule has 0 fully saturated rings. The maximum absolute atomic E-state index is 12.5. The van der Waals surface area contributed by atoms with E-state index in [1.165, 1.54) is 11.3 Å². The summed E-state index contributed by atoms with van der Waals surface area (Å²) in [6, 6.07) is 9.05. The number of hydrogen-bond donors (Lipinski definition) is 1. The van der Waals surface area contributed by atoms with Gasteiger partial charge < -0.3 is 0 Å². The number of carbonyl (C=O) groups is 1. The number of nitrogens with zero attached hydrogens (tertiary/aromatic N) is 2. The van der Waals surface area contributed by atoms with Gasteiger partial charge in [0.25, 0.3) is 5.91 Å². The summed E-state index contributed by atoms with van der Waals surface area (Å²) in [6.45, 7) is 1.98. The number of fused-ring (bicyclic) bond motifs is 3. The molecular formula is C16H9BrClN3OS2. The first-order valence-corrected chi connectivity index (χ1v) is 9.75. The van der Waals surface area contributed by atoms with Crippen molar-refractivity contribution < 1.29 is 4.79 Å². The topological polar surface area (TPSA) is 54.9 Å². The van der Waals surface area contributed by atoms with Crippen molar-refractivity contribution in [2.75, 3.05) is 5.32 Å². The number of carbonyl (C=O) groups excluding carboxylic acids is 1. The number of amides is 1. The van der Waals surface area contributed by atoms with Gasteiger partial charge in [-0.05, 0) is 37.3 Å². The number of halogens is 2. The van der Waals surface area contributed by atoms with E-state index >= 15 is 0 Å². The molecule has 4 nitrogen and oxygen atoms in total. The van der Waals surface area contributed by atoms with Crippen molar-refractivity contribution in [1.29, 1.82) is 0 Å². The molecule has 0 unspecified atom stereocenters. The van der Waals surface area contributed by atoms with Gasteiger partial charge in [-0.25, -0.2) is 9.97 Å². The first kappa shape index (κ1) is 16.0. The first-order valence-electron chi connectivity index (χ1n) is 6.94. The van der Waals surface area contributed by atoms with Crippen LogP contribution in [0.1, 0.15) is 15.4 Å². The summed E-state index contributed by atoms with van der Waals surface area (Å²) in [7, 11) is 0. The number of benzene rings is 2. The average molecular weight is 439 g/mol. The lowest BCUT2D eigenvalue weighted by molar-refractivity contribution is 0.102. The van der Waals surface area contributed by atoms with Gasteiger partial charge in [-0.3, -0.25) is 10.1 Å². The van der Waals surface area contributed by atoms with Gasteiger partial charge in [0.05, 0.1) is 36.0 Å². The number of aromatic nitrogens is 2. The maximum atomic E-state index is 12.5. The lowest BCUT2D eigenvalue weighted by atomic mass is 10.2. The minimum Gasteiger partial charge on any atom is -0.298 e. The SMILES string of the molecule is Cc1nc2ccc3nc(NC(=O)c4cc(Br)ccc4Cl)sc3c2s1. The van der Waals surface area contributed by atoms with E-state index < -0.39 is 0 Å². The van der Waals surface area contributed by atoms with Crippen LogP contribution in [0.4, 0.5) is 5.13 Å². The molecule has 2 aromatic heterocycles. The van der Waals surface area contributed by atoms with E-state index in [1.807, 2.05) is 19.1 Å². The van der Waals surface area contributed by atoms with Crippen LogP contribution in [-0.4, -0.2) is 15.9 Å². The van der Waals surface area contributed by atoms with Crippen LogP contribution in [0.3, 0.4) is 0 Å². The van der Waals surface area contributed by atoms with Crippen molar-refractivity contribution in [2.45, 2.75) is 6.92 Å². The van der Waals surface area contributed by atoms with Gasteiger partial charge in [0.15, 0.2) is 5.13 Å². The summed E-state index contributed by atoms with van der Waals surface area (Å²) in [4.78, 5) is 21.5. The highest BCUT2D eigenvalue weighted by Gasteiger charge is 2.15. The maximum Gasteiger partial charge on any atom is 0.258 e. The van der Waals surface area contributed by atoms with Crippen molar-refractivity contribution >= 4 is 81.7 Å². The zero-order valence-electron chi connectivity index (χ0n) is 12.3. The number of aryl methyl sites for hydroxylation is 1. The molecule has 8 heteroatoms. The number of hydrogen-bond acceptors (Lipinski definition) is 5. The number of rotatable bonds is 2. The highest BCUT2D eigenvalue weighted by molar-refractivity contribution is 9.10. The van der Waals surface area contributed by atoms with E-state index in [9.17, 15) is 4.79 Å². The normalized spacial score (nSPS) is 11.3. The van der Waals surface area contributed by atoms with Crippen molar-refractivity contribution in [2.24, 2.45) is 0 Å². The van der Waals surface area contributed by atoms with Crippen LogP contribution in [0.5, 0.6) is 0 Å². The number of anilines is 1. The van der Waals surface area contributed by atoms with Gasteiger partial charge >= 0.3 is 0 Å². The van der Waals surface area contributed by atoms with Gasteiger partial charge in [0.2, 0.25) is 0 Å². The van der Waals surface area contributed by atoms with E-state index in [4.69, 9.17) is 11.6 Å². The minimum absolute atomic E-state index is 0.280. The fourth-order valence-corrected chi connectivity index (χ4v) is 4.94. The first-order chi connectivity index (χ1) is 11.5. The molecule has 4 rings (SSSR count). The predicted octanol–water partition coefficient (Wildman–Crippen LogP) is 5.88. The Morgan fingerprint density at radius 2 is 1.83 bits per heavy atom. The summed E-state index contributed by atoms with van der Waals surface area (Å²) in [5.74, 6) is -0.280. The van der Waals surface area contributed by atoms with Crippen LogP contribution in [0, 0.1) is 6.92 Å². The van der Waals surface area contributed by atoms with E-state index in [1.54, 1.807) is 29.5 Å². The number of nitrogens with one attached hydrogen (secondary N) is 1. The lowest BCUT2D eigenvalue weighted by Crippen LogP contribution is -2.12. The highest BCUT2D eigenvalue weighted by atomic mass is 79.9. The van der Waals surface area contributed by atoms with Crippen LogP contribution in [0.15, 0.2) is 34.8 Å². The van der Waals surface area contributed by atoms with Crippen LogP contribution in [0.25, 0.3) is 20.4 Å². The summed E-state index contributed by atoms with van der Waals surface area (Å²) in [5.41, 5.74) is 2.22. The Morgan fingerprint density at radius 3 is 2.62 bits per heavy atom. The fourth-order valence-electron chi connectivity index (χ4n) is 2.37. The predicted molar refractivity (Wildman–Crippen MR) is 105 cm³/mol. The second-order valence-corrected chi connectivity index (χ2v) is 8.62. The molecule has 0 bridgehead atoms. The summed E-state index contributed by atoms with van der Waals surface area (Å²) in [5, 5.41) is 4.79. The molecule has 0 atom stereocenters. The van der Waals surface area contributed by atoms with E-state index in [2.05, 4.69) is 31.2 Å². The smallest absolute Gasteiger partial charge is 0.258 e. The Kier molecular flexibility index (Phi) is 4.04. The molecule has 120 valence electrons. The molecule has 0 saturated carbocycles. The third-order valence-electron chi connectivity index (χ3n) is 3.41.